The van der Waals surface area contributed by atoms with Crippen LogP contribution in [0.4, 0.5) is 5.69 Å². The number of fused-ring (bicyclic) bond motifs is 1. The predicted octanol–water partition coefficient (Wildman–Crippen LogP) is 4.98. The van der Waals surface area contributed by atoms with Gasteiger partial charge in [-0.2, -0.15) is 0 Å². The third-order valence-electron chi connectivity index (χ3n) is 3.79. The van der Waals surface area contributed by atoms with E-state index >= 15 is 0 Å². The minimum atomic E-state index is 0.169. The third kappa shape index (κ3) is 2.60. The van der Waals surface area contributed by atoms with E-state index in [4.69, 9.17) is 0 Å². The minimum absolute atomic E-state index is 0.169. The summed E-state index contributed by atoms with van der Waals surface area (Å²) in [4.78, 5) is 2.48. The zero-order chi connectivity index (χ0) is 14.0. The lowest BCUT2D eigenvalue weighted by molar-refractivity contribution is 0.588. The molecule has 0 saturated heterocycles. The first-order valence-corrected chi connectivity index (χ1v) is 7.26. The first-order valence-electron chi connectivity index (χ1n) is 7.26. The molecule has 0 unspecified atom stereocenters. The second-order valence-electron chi connectivity index (χ2n) is 6.11. The molecule has 0 bridgehead atoms. The largest absolute Gasteiger partial charge is 0.371 e. The van der Waals surface area contributed by atoms with Crippen molar-refractivity contribution >= 4 is 16.5 Å². The van der Waals surface area contributed by atoms with E-state index in [2.05, 4.69) is 75.9 Å². The molecule has 0 saturated carbocycles. The maximum absolute atomic E-state index is 2.48. The molecule has 102 valence electrons. The molecule has 0 aliphatic rings. The summed E-state index contributed by atoms with van der Waals surface area (Å²) in [6.45, 7) is 13.5. The maximum Gasteiger partial charge on any atom is 0.0483 e. The van der Waals surface area contributed by atoms with Gasteiger partial charge in [0.2, 0.25) is 0 Å². The van der Waals surface area contributed by atoms with E-state index in [1.54, 1.807) is 0 Å². The molecule has 0 spiro atoms. The van der Waals surface area contributed by atoms with E-state index in [0.717, 1.165) is 13.1 Å². The molecule has 19 heavy (non-hydrogen) atoms. The van der Waals surface area contributed by atoms with Crippen molar-refractivity contribution in [2.75, 3.05) is 18.0 Å². The van der Waals surface area contributed by atoms with Gasteiger partial charge in [-0.1, -0.05) is 57.2 Å². The van der Waals surface area contributed by atoms with E-state index in [-0.39, 0.29) is 5.41 Å². The Labute approximate surface area is 117 Å². The number of nitrogens with zero attached hydrogens (tertiary/aromatic N) is 1. The molecular weight excluding hydrogens is 230 g/mol. The molecule has 2 aromatic rings. The van der Waals surface area contributed by atoms with Crippen LogP contribution in [-0.4, -0.2) is 13.1 Å². The molecular formula is C18H25N. The van der Waals surface area contributed by atoms with E-state index in [9.17, 15) is 0 Å². The molecule has 2 rings (SSSR count). The predicted molar refractivity (Wildman–Crippen MR) is 86.2 cm³/mol. The van der Waals surface area contributed by atoms with Gasteiger partial charge in [0.05, 0.1) is 0 Å². The molecule has 0 aromatic heterocycles. The van der Waals surface area contributed by atoms with Gasteiger partial charge in [0.15, 0.2) is 0 Å². The molecule has 1 heteroatoms. The fourth-order valence-electron chi connectivity index (χ4n) is 2.74. The smallest absolute Gasteiger partial charge is 0.0483 e. The third-order valence-corrected chi connectivity index (χ3v) is 3.79. The summed E-state index contributed by atoms with van der Waals surface area (Å²) < 4.78 is 0. The van der Waals surface area contributed by atoms with Crippen molar-refractivity contribution in [1.82, 2.24) is 0 Å². The summed E-state index contributed by atoms with van der Waals surface area (Å²) >= 11 is 0. The first-order chi connectivity index (χ1) is 8.99. The van der Waals surface area contributed by atoms with Crippen LogP contribution in [0.1, 0.15) is 40.2 Å². The highest BCUT2D eigenvalue weighted by Crippen LogP contribution is 2.37. The fourth-order valence-corrected chi connectivity index (χ4v) is 2.74. The normalized spacial score (nSPS) is 11.8. The molecule has 0 aliphatic heterocycles. The topological polar surface area (TPSA) is 3.24 Å². The highest BCUT2D eigenvalue weighted by Gasteiger charge is 2.22. The summed E-state index contributed by atoms with van der Waals surface area (Å²) in [5.74, 6) is 0. The Morgan fingerprint density at radius 3 is 2.11 bits per heavy atom. The van der Waals surface area contributed by atoms with E-state index in [0.29, 0.717) is 0 Å². The van der Waals surface area contributed by atoms with Crippen LogP contribution in [0.2, 0.25) is 0 Å². The fraction of sp³-hybridized carbons (Fsp3) is 0.444. The van der Waals surface area contributed by atoms with Gasteiger partial charge < -0.3 is 4.90 Å². The molecule has 0 amide bonds. The minimum Gasteiger partial charge on any atom is -0.371 e. The van der Waals surface area contributed by atoms with Crippen molar-refractivity contribution in [3.8, 4) is 0 Å². The Hall–Kier alpha value is -1.50. The summed E-state index contributed by atoms with van der Waals surface area (Å²) in [6.07, 6.45) is 0. The molecule has 0 N–H and O–H groups in total. The van der Waals surface area contributed by atoms with Crippen LogP contribution in [0.15, 0.2) is 36.4 Å². The summed E-state index contributed by atoms with van der Waals surface area (Å²) in [5.41, 5.74) is 3.02. The second kappa shape index (κ2) is 5.24. The molecule has 0 atom stereocenters. The Balaban J connectivity index is 2.79. The summed E-state index contributed by atoms with van der Waals surface area (Å²) in [5, 5.41) is 2.70. The standard InChI is InChI=1S/C18H25N/c1-6-19(7-2)17-15-11-9-8-10-14(15)12-13-16(17)18(3,4)5/h8-13H,6-7H2,1-5H3. The van der Waals surface area contributed by atoms with Crippen LogP contribution in [0.25, 0.3) is 10.8 Å². The number of benzene rings is 2. The zero-order valence-electron chi connectivity index (χ0n) is 12.8. The Morgan fingerprint density at radius 1 is 0.895 bits per heavy atom. The molecule has 0 fully saturated rings. The van der Waals surface area contributed by atoms with Gasteiger partial charge in [-0.3, -0.25) is 0 Å². The SMILES string of the molecule is CCN(CC)c1c(C(C)(C)C)ccc2ccccc12. The van der Waals surface area contributed by atoms with Crippen LogP contribution < -0.4 is 4.90 Å². The Kier molecular flexibility index (Phi) is 3.84. The van der Waals surface area contributed by atoms with Crippen LogP contribution in [0, 0.1) is 0 Å². The van der Waals surface area contributed by atoms with E-state index in [1.165, 1.54) is 22.0 Å². The van der Waals surface area contributed by atoms with Gasteiger partial charge in [-0.15, -0.1) is 0 Å². The van der Waals surface area contributed by atoms with Crippen LogP contribution in [0.3, 0.4) is 0 Å². The Bertz CT molecular complexity index is 559. The average Bonchev–Trinajstić information content (AvgIpc) is 2.39. The number of hydrogen-bond donors (Lipinski definition) is 0. The number of rotatable bonds is 3. The van der Waals surface area contributed by atoms with Crippen LogP contribution in [0.5, 0.6) is 0 Å². The van der Waals surface area contributed by atoms with Gasteiger partial charge >= 0.3 is 0 Å². The highest BCUT2D eigenvalue weighted by atomic mass is 15.1. The van der Waals surface area contributed by atoms with Crippen molar-refractivity contribution in [2.45, 2.75) is 40.0 Å². The van der Waals surface area contributed by atoms with E-state index in [1.807, 2.05) is 0 Å². The van der Waals surface area contributed by atoms with E-state index < -0.39 is 0 Å². The van der Waals surface area contributed by atoms with Gasteiger partial charge in [0, 0.05) is 24.2 Å². The lowest BCUT2D eigenvalue weighted by atomic mass is 9.83. The zero-order valence-corrected chi connectivity index (χ0v) is 12.8. The molecule has 0 radical (unpaired) electrons. The van der Waals surface area contributed by atoms with Gasteiger partial charge in [0.1, 0.15) is 0 Å². The quantitative estimate of drug-likeness (QED) is 0.747. The molecule has 0 heterocycles. The highest BCUT2D eigenvalue weighted by molar-refractivity contribution is 5.96. The first kappa shape index (κ1) is 13.9. The number of anilines is 1. The summed E-state index contributed by atoms with van der Waals surface area (Å²) in [6, 6.07) is 13.3. The average molecular weight is 255 g/mol. The Morgan fingerprint density at radius 2 is 1.53 bits per heavy atom. The summed E-state index contributed by atoms with van der Waals surface area (Å²) in [7, 11) is 0. The molecule has 1 nitrogen and oxygen atoms in total. The molecule has 2 aromatic carbocycles. The molecule has 0 aliphatic carbocycles. The van der Waals surface area contributed by atoms with Gasteiger partial charge in [0.25, 0.3) is 0 Å². The van der Waals surface area contributed by atoms with Crippen LogP contribution in [-0.2, 0) is 5.41 Å². The van der Waals surface area contributed by atoms with Gasteiger partial charge in [-0.05, 0) is 30.2 Å². The second-order valence-corrected chi connectivity index (χ2v) is 6.11. The maximum atomic E-state index is 2.48. The lowest BCUT2D eigenvalue weighted by Gasteiger charge is -2.31. The van der Waals surface area contributed by atoms with Crippen molar-refractivity contribution in [3.63, 3.8) is 0 Å². The monoisotopic (exact) mass is 255 g/mol. The number of hydrogen-bond acceptors (Lipinski definition) is 1. The lowest BCUT2D eigenvalue weighted by Crippen LogP contribution is -2.26. The van der Waals surface area contributed by atoms with Crippen molar-refractivity contribution in [1.29, 1.82) is 0 Å². The van der Waals surface area contributed by atoms with Crippen molar-refractivity contribution in [2.24, 2.45) is 0 Å². The van der Waals surface area contributed by atoms with Crippen molar-refractivity contribution in [3.05, 3.63) is 42.0 Å². The van der Waals surface area contributed by atoms with Crippen molar-refractivity contribution < 1.29 is 0 Å². The van der Waals surface area contributed by atoms with Gasteiger partial charge in [-0.25, -0.2) is 0 Å². The van der Waals surface area contributed by atoms with Crippen LogP contribution >= 0.6 is 0 Å².